The van der Waals surface area contributed by atoms with Gasteiger partial charge in [0.15, 0.2) is 0 Å². The van der Waals surface area contributed by atoms with Crippen molar-refractivity contribution in [3.8, 4) is 11.8 Å². The summed E-state index contributed by atoms with van der Waals surface area (Å²) in [4.78, 5) is 0. The van der Waals surface area contributed by atoms with Crippen molar-refractivity contribution in [2.45, 2.75) is 85.2 Å². The topological polar surface area (TPSA) is 9.23 Å². The van der Waals surface area contributed by atoms with Crippen LogP contribution >= 0.6 is 0 Å². The highest BCUT2D eigenvalue weighted by Gasteiger charge is 2.06. The average molecular weight is 294 g/mol. The maximum Gasteiger partial charge on any atom is 0.115 e. The first-order valence-corrected chi connectivity index (χ1v) is 8.80. The van der Waals surface area contributed by atoms with E-state index in [1.165, 1.54) is 38.5 Å². The number of ether oxygens (including phenoxy) is 1. The van der Waals surface area contributed by atoms with Gasteiger partial charge in [-0.15, -0.1) is 5.92 Å². The Bertz CT molecular complexity index is 286. The monoisotopic (exact) mass is 293 g/mol. The minimum Gasteiger partial charge on any atom is -0.369 e. The molecule has 1 nitrogen and oxygen atoms in total. The predicted octanol–water partition coefficient (Wildman–Crippen LogP) is 5.89. The summed E-state index contributed by atoms with van der Waals surface area (Å²) >= 11 is 0. The molecule has 0 saturated heterocycles. The van der Waals surface area contributed by atoms with E-state index in [1.807, 2.05) is 6.92 Å². The van der Waals surface area contributed by atoms with Crippen molar-refractivity contribution in [3.63, 3.8) is 0 Å². The molecule has 0 saturated carbocycles. The molecule has 0 aromatic carbocycles. The van der Waals surface area contributed by atoms with Crippen molar-refractivity contribution in [2.75, 3.05) is 7.11 Å². The molecule has 0 rings (SSSR count). The lowest BCUT2D eigenvalue weighted by Gasteiger charge is -2.14. The first-order chi connectivity index (χ1) is 9.99. The molecule has 123 valence electrons. The lowest BCUT2D eigenvalue weighted by atomic mass is 9.92. The van der Waals surface area contributed by atoms with Crippen molar-refractivity contribution in [1.29, 1.82) is 0 Å². The van der Waals surface area contributed by atoms with E-state index in [0.717, 1.165) is 24.7 Å². The molecular formula is C20H37O. The van der Waals surface area contributed by atoms with Crippen LogP contribution in [-0.2, 0) is 4.74 Å². The molecule has 0 spiro atoms. The largest absolute Gasteiger partial charge is 0.369 e. The summed E-state index contributed by atoms with van der Waals surface area (Å²) in [6, 6.07) is 0. The SMILES string of the molecule is [CH2]CC(C)CCCC(C)CCCC(C)CC#CC(C)OC. The summed E-state index contributed by atoms with van der Waals surface area (Å²) in [5.74, 6) is 8.75. The van der Waals surface area contributed by atoms with Crippen molar-refractivity contribution < 1.29 is 4.74 Å². The molecule has 0 fully saturated rings. The van der Waals surface area contributed by atoms with Crippen LogP contribution in [0.1, 0.15) is 79.1 Å². The van der Waals surface area contributed by atoms with Crippen LogP contribution in [0.3, 0.4) is 0 Å². The molecule has 21 heavy (non-hydrogen) atoms. The molecule has 0 aliphatic carbocycles. The van der Waals surface area contributed by atoms with Crippen LogP contribution in [0.25, 0.3) is 0 Å². The quantitative estimate of drug-likeness (QED) is 0.432. The van der Waals surface area contributed by atoms with E-state index in [2.05, 4.69) is 39.5 Å². The maximum atomic E-state index is 5.13. The smallest absolute Gasteiger partial charge is 0.115 e. The van der Waals surface area contributed by atoms with E-state index in [9.17, 15) is 0 Å². The molecule has 0 bridgehead atoms. The van der Waals surface area contributed by atoms with Crippen LogP contribution < -0.4 is 0 Å². The Kier molecular flexibility index (Phi) is 12.9. The zero-order valence-corrected chi connectivity index (χ0v) is 15.1. The van der Waals surface area contributed by atoms with Gasteiger partial charge in [0.05, 0.1) is 0 Å². The van der Waals surface area contributed by atoms with Gasteiger partial charge < -0.3 is 4.74 Å². The summed E-state index contributed by atoms with van der Waals surface area (Å²) in [6.45, 7) is 13.0. The van der Waals surface area contributed by atoms with Crippen LogP contribution in [0.5, 0.6) is 0 Å². The standard InChI is InChI=1S/C20H37O/c1-7-17(2)11-8-12-18(3)13-9-14-19(4)15-10-16-20(5)21-6/h17-20H,1,7-9,11-15H2,2-6H3. The van der Waals surface area contributed by atoms with E-state index in [-0.39, 0.29) is 6.10 Å². The molecule has 1 radical (unpaired) electrons. The Labute approximate surface area is 134 Å². The fourth-order valence-corrected chi connectivity index (χ4v) is 2.46. The highest BCUT2D eigenvalue weighted by molar-refractivity contribution is 5.04. The lowest BCUT2D eigenvalue weighted by Crippen LogP contribution is -2.01. The lowest BCUT2D eigenvalue weighted by molar-refractivity contribution is 0.163. The second-order valence-corrected chi connectivity index (χ2v) is 6.87. The van der Waals surface area contributed by atoms with Crippen LogP contribution in [-0.4, -0.2) is 13.2 Å². The van der Waals surface area contributed by atoms with E-state index >= 15 is 0 Å². The van der Waals surface area contributed by atoms with Gasteiger partial charge >= 0.3 is 0 Å². The summed E-state index contributed by atoms with van der Waals surface area (Å²) in [5.41, 5.74) is 0. The number of rotatable bonds is 11. The molecular weight excluding hydrogens is 256 g/mol. The number of hydrogen-bond donors (Lipinski definition) is 0. The van der Waals surface area contributed by atoms with Crippen molar-refractivity contribution in [1.82, 2.24) is 0 Å². The first kappa shape index (κ1) is 20.5. The minimum atomic E-state index is 0.0675. The predicted molar refractivity (Wildman–Crippen MR) is 94.0 cm³/mol. The van der Waals surface area contributed by atoms with Gasteiger partial charge in [-0.1, -0.05) is 72.1 Å². The Morgan fingerprint density at radius 3 is 1.90 bits per heavy atom. The Hall–Kier alpha value is -0.480. The Morgan fingerprint density at radius 2 is 1.38 bits per heavy atom. The maximum absolute atomic E-state index is 5.13. The second-order valence-electron chi connectivity index (χ2n) is 6.87. The zero-order valence-electron chi connectivity index (χ0n) is 15.1. The molecule has 0 amide bonds. The fraction of sp³-hybridized carbons (Fsp3) is 0.850. The van der Waals surface area contributed by atoms with E-state index < -0.39 is 0 Å². The summed E-state index contributed by atoms with van der Waals surface area (Å²) in [5, 5.41) is 0. The molecule has 4 unspecified atom stereocenters. The van der Waals surface area contributed by atoms with Crippen molar-refractivity contribution >= 4 is 0 Å². The molecule has 0 aliphatic rings. The van der Waals surface area contributed by atoms with Crippen molar-refractivity contribution in [3.05, 3.63) is 6.92 Å². The van der Waals surface area contributed by atoms with Gasteiger partial charge in [0, 0.05) is 13.5 Å². The molecule has 0 aromatic rings. The van der Waals surface area contributed by atoms with Gasteiger partial charge in [-0.2, -0.15) is 0 Å². The van der Waals surface area contributed by atoms with Crippen LogP contribution in [0.4, 0.5) is 0 Å². The van der Waals surface area contributed by atoms with Crippen LogP contribution in [0.15, 0.2) is 0 Å². The van der Waals surface area contributed by atoms with E-state index in [0.29, 0.717) is 5.92 Å². The summed E-state index contributed by atoms with van der Waals surface area (Å²) in [6.07, 6.45) is 10.3. The number of hydrogen-bond acceptors (Lipinski definition) is 1. The van der Waals surface area contributed by atoms with Crippen LogP contribution in [0.2, 0.25) is 0 Å². The minimum absolute atomic E-state index is 0.0675. The highest BCUT2D eigenvalue weighted by atomic mass is 16.5. The third-order valence-electron chi connectivity index (χ3n) is 4.39. The van der Waals surface area contributed by atoms with Gasteiger partial charge in [-0.05, 0) is 31.1 Å². The third kappa shape index (κ3) is 12.9. The average Bonchev–Trinajstić information content (AvgIpc) is 2.46. The molecule has 0 N–H and O–H groups in total. The second kappa shape index (κ2) is 13.2. The molecule has 0 aliphatic heterocycles. The summed E-state index contributed by atoms with van der Waals surface area (Å²) in [7, 11) is 1.71. The van der Waals surface area contributed by atoms with E-state index in [1.54, 1.807) is 7.11 Å². The fourth-order valence-electron chi connectivity index (χ4n) is 2.46. The third-order valence-corrected chi connectivity index (χ3v) is 4.39. The van der Waals surface area contributed by atoms with Gasteiger partial charge in [-0.25, -0.2) is 0 Å². The van der Waals surface area contributed by atoms with Gasteiger partial charge in [-0.3, -0.25) is 0 Å². The highest BCUT2D eigenvalue weighted by Crippen LogP contribution is 2.20. The summed E-state index contributed by atoms with van der Waals surface area (Å²) < 4.78 is 5.13. The Morgan fingerprint density at radius 1 is 0.857 bits per heavy atom. The number of methoxy groups -OCH3 is 1. The van der Waals surface area contributed by atoms with Gasteiger partial charge in [0.25, 0.3) is 0 Å². The Balaban J connectivity index is 3.60. The zero-order chi connectivity index (χ0) is 16.1. The molecule has 4 atom stereocenters. The van der Waals surface area contributed by atoms with Crippen LogP contribution in [0, 0.1) is 36.5 Å². The normalized spacial score (nSPS) is 16.7. The van der Waals surface area contributed by atoms with Gasteiger partial charge in [0.1, 0.15) is 6.10 Å². The molecule has 0 aromatic heterocycles. The van der Waals surface area contributed by atoms with Crippen molar-refractivity contribution in [2.24, 2.45) is 17.8 Å². The molecule has 1 heteroatoms. The molecule has 0 heterocycles. The van der Waals surface area contributed by atoms with E-state index in [4.69, 9.17) is 4.74 Å². The van der Waals surface area contributed by atoms with Gasteiger partial charge in [0.2, 0.25) is 0 Å². The first-order valence-electron chi connectivity index (χ1n) is 8.80.